The van der Waals surface area contributed by atoms with Crippen LogP contribution in [0.5, 0.6) is 0 Å². The Kier molecular flexibility index (Phi) is 5.01. The number of nitriles is 1. The second-order valence-corrected chi connectivity index (χ2v) is 7.72. The molecule has 0 aliphatic carbocycles. The van der Waals surface area contributed by atoms with Crippen LogP contribution in [0.1, 0.15) is 24.0 Å². The molecule has 2 aromatic rings. The average molecular weight is 378 g/mol. The smallest absolute Gasteiger partial charge is 0.228 e. The second-order valence-electron chi connectivity index (χ2n) is 7.72. The quantitative estimate of drug-likeness (QED) is 0.830. The zero-order valence-electron chi connectivity index (χ0n) is 15.9. The third-order valence-corrected chi connectivity index (χ3v) is 5.59. The molecule has 4 rings (SSSR count). The van der Waals surface area contributed by atoms with Gasteiger partial charge >= 0.3 is 0 Å². The number of benzene rings is 2. The van der Waals surface area contributed by atoms with Crippen molar-refractivity contribution in [3.05, 3.63) is 53.3 Å². The van der Waals surface area contributed by atoms with E-state index in [1.54, 1.807) is 11.0 Å². The van der Waals surface area contributed by atoms with Gasteiger partial charge in [-0.1, -0.05) is 12.1 Å². The number of likely N-dealkylation sites (tertiary alicyclic amines) is 1. The molecule has 0 saturated carbocycles. The van der Waals surface area contributed by atoms with Gasteiger partial charge in [0, 0.05) is 12.2 Å². The number of piperidine rings is 1. The second kappa shape index (κ2) is 7.61. The minimum absolute atomic E-state index is 0.0202. The number of halogens is 1. The number of rotatable bonds is 3. The lowest BCUT2D eigenvalue weighted by molar-refractivity contribution is -0.121. The van der Waals surface area contributed by atoms with Crippen molar-refractivity contribution < 1.29 is 9.18 Å². The Bertz CT molecular complexity index is 952. The lowest BCUT2D eigenvalue weighted by Gasteiger charge is -2.28. The number of carbonyl (C=O) groups excluding carboxylic acids is 1. The third-order valence-electron chi connectivity index (χ3n) is 5.59. The van der Waals surface area contributed by atoms with Crippen LogP contribution in [0.25, 0.3) is 11.1 Å². The van der Waals surface area contributed by atoms with Crippen molar-refractivity contribution >= 4 is 11.6 Å². The minimum Gasteiger partial charge on any atom is -0.326 e. The molecular formula is C22H23FN4O. The minimum atomic E-state index is -0.305. The maximum absolute atomic E-state index is 13.8. The highest BCUT2D eigenvalue weighted by Crippen LogP contribution is 2.36. The molecule has 5 nitrogen and oxygen atoms in total. The van der Waals surface area contributed by atoms with E-state index >= 15 is 0 Å². The van der Waals surface area contributed by atoms with Crippen LogP contribution in [0.4, 0.5) is 10.1 Å². The van der Waals surface area contributed by atoms with E-state index in [-0.39, 0.29) is 17.6 Å². The van der Waals surface area contributed by atoms with Crippen LogP contribution in [0.2, 0.25) is 0 Å². The lowest BCUT2D eigenvalue weighted by Crippen LogP contribution is -2.38. The summed E-state index contributed by atoms with van der Waals surface area (Å²) in [5.41, 5.74) is 4.34. The predicted octanol–water partition coefficient (Wildman–Crippen LogP) is 3.57. The van der Waals surface area contributed by atoms with Crippen molar-refractivity contribution in [3.8, 4) is 17.3 Å². The number of fused-ring (bicyclic) bond motifs is 1. The summed E-state index contributed by atoms with van der Waals surface area (Å²) < 4.78 is 13.8. The summed E-state index contributed by atoms with van der Waals surface area (Å²) in [4.78, 5) is 16.6. The first-order chi connectivity index (χ1) is 13.5. The Morgan fingerprint density at radius 3 is 2.89 bits per heavy atom. The van der Waals surface area contributed by atoms with Gasteiger partial charge in [-0.2, -0.15) is 5.26 Å². The summed E-state index contributed by atoms with van der Waals surface area (Å²) in [7, 11) is 2.04. The van der Waals surface area contributed by atoms with E-state index in [1.807, 2.05) is 25.2 Å². The van der Waals surface area contributed by atoms with Crippen molar-refractivity contribution in [2.24, 2.45) is 5.92 Å². The van der Waals surface area contributed by atoms with Crippen molar-refractivity contribution in [1.29, 1.82) is 5.26 Å². The normalized spacial score (nSPS) is 19.2. The Labute approximate surface area is 164 Å². The predicted molar refractivity (Wildman–Crippen MR) is 106 cm³/mol. The van der Waals surface area contributed by atoms with E-state index in [4.69, 9.17) is 0 Å². The van der Waals surface area contributed by atoms with Gasteiger partial charge in [-0.15, -0.1) is 0 Å². The summed E-state index contributed by atoms with van der Waals surface area (Å²) in [6.45, 7) is 2.79. The van der Waals surface area contributed by atoms with E-state index in [0.717, 1.165) is 48.2 Å². The summed E-state index contributed by atoms with van der Waals surface area (Å²) >= 11 is 0. The van der Waals surface area contributed by atoms with Crippen molar-refractivity contribution in [3.63, 3.8) is 0 Å². The molecule has 1 N–H and O–H groups in total. The van der Waals surface area contributed by atoms with Crippen LogP contribution < -0.4 is 5.32 Å². The van der Waals surface area contributed by atoms with Crippen LogP contribution >= 0.6 is 0 Å². The molecule has 6 heteroatoms. The molecule has 28 heavy (non-hydrogen) atoms. The average Bonchev–Trinajstić information content (AvgIpc) is 3.10. The zero-order chi connectivity index (χ0) is 19.7. The van der Waals surface area contributed by atoms with Gasteiger partial charge in [0.1, 0.15) is 5.82 Å². The number of anilines is 1. The van der Waals surface area contributed by atoms with Crippen molar-refractivity contribution in [2.75, 3.05) is 25.5 Å². The third kappa shape index (κ3) is 3.71. The monoisotopic (exact) mass is 378 g/mol. The van der Waals surface area contributed by atoms with Gasteiger partial charge in [0.15, 0.2) is 6.19 Å². The zero-order valence-corrected chi connectivity index (χ0v) is 15.9. The van der Waals surface area contributed by atoms with Crippen LogP contribution in [0, 0.1) is 23.2 Å². The number of hydrogen-bond acceptors (Lipinski definition) is 4. The number of nitrogens with zero attached hydrogens (tertiary/aromatic N) is 3. The number of nitrogens with one attached hydrogen (secondary N) is 1. The van der Waals surface area contributed by atoms with Crippen LogP contribution in [0.15, 0.2) is 36.4 Å². The Balaban J connectivity index is 1.66. The van der Waals surface area contributed by atoms with Gasteiger partial charge in [-0.3, -0.25) is 4.79 Å². The number of amides is 1. The van der Waals surface area contributed by atoms with Crippen molar-refractivity contribution in [1.82, 2.24) is 9.80 Å². The lowest BCUT2D eigenvalue weighted by atomic mass is 9.95. The van der Waals surface area contributed by atoms with Gasteiger partial charge in [0.2, 0.25) is 5.91 Å². The molecule has 2 heterocycles. The molecule has 2 aromatic carbocycles. The Hall–Kier alpha value is -2.91. The number of carbonyl (C=O) groups is 1. The summed E-state index contributed by atoms with van der Waals surface area (Å²) in [5, 5.41) is 12.4. The van der Waals surface area contributed by atoms with Gasteiger partial charge < -0.3 is 15.1 Å². The first-order valence-electron chi connectivity index (χ1n) is 9.59. The van der Waals surface area contributed by atoms with Crippen LogP contribution in [-0.2, 0) is 17.9 Å². The van der Waals surface area contributed by atoms with Crippen molar-refractivity contribution in [2.45, 2.75) is 25.9 Å². The maximum Gasteiger partial charge on any atom is 0.228 e. The van der Waals surface area contributed by atoms with Gasteiger partial charge in [0.25, 0.3) is 0 Å². The maximum atomic E-state index is 13.8. The molecule has 2 aliphatic heterocycles. The molecule has 1 fully saturated rings. The highest BCUT2D eigenvalue weighted by atomic mass is 19.1. The van der Waals surface area contributed by atoms with Gasteiger partial charge in [-0.25, -0.2) is 4.39 Å². The first kappa shape index (κ1) is 18.5. The first-order valence-corrected chi connectivity index (χ1v) is 9.59. The van der Waals surface area contributed by atoms with Crippen LogP contribution in [0.3, 0.4) is 0 Å². The Morgan fingerprint density at radius 2 is 2.14 bits per heavy atom. The Morgan fingerprint density at radius 1 is 1.29 bits per heavy atom. The largest absolute Gasteiger partial charge is 0.326 e. The fourth-order valence-corrected chi connectivity index (χ4v) is 4.19. The van der Waals surface area contributed by atoms with E-state index in [1.165, 1.54) is 12.1 Å². The summed E-state index contributed by atoms with van der Waals surface area (Å²) in [6.07, 6.45) is 4.09. The topological polar surface area (TPSA) is 59.4 Å². The summed E-state index contributed by atoms with van der Waals surface area (Å²) in [6, 6.07) is 10.3. The molecule has 0 aromatic heterocycles. The van der Waals surface area contributed by atoms with Gasteiger partial charge in [-0.05, 0) is 73.0 Å². The molecule has 1 saturated heterocycles. The highest BCUT2D eigenvalue weighted by molar-refractivity contribution is 5.94. The highest BCUT2D eigenvalue weighted by Gasteiger charge is 2.26. The van der Waals surface area contributed by atoms with E-state index in [2.05, 4.69) is 16.4 Å². The van der Waals surface area contributed by atoms with Crippen LogP contribution in [-0.4, -0.2) is 35.8 Å². The fourth-order valence-electron chi connectivity index (χ4n) is 4.19. The molecule has 1 atom stereocenters. The number of hydrogen-bond donors (Lipinski definition) is 1. The molecule has 0 spiro atoms. The molecular weight excluding hydrogens is 355 g/mol. The molecule has 1 amide bonds. The van der Waals surface area contributed by atoms with E-state index < -0.39 is 0 Å². The van der Waals surface area contributed by atoms with Gasteiger partial charge in [0.05, 0.1) is 19.0 Å². The molecule has 0 unspecified atom stereocenters. The fraction of sp³-hybridized carbons (Fsp3) is 0.364. The standard InChI is InChI=1S/C22H23FN4O/c1-26-7-3-5-16(11-26)22(28)25-19-9-17-12-27(14-24)13-21(17)20(10-19)15-4-2-6-18(23)8-15/h2,4,6,8-10,16H,3,5,7,11-13H2,1H3,(H,25,28)/t16-/m1/s1. The molecule has 144 valence electrons. The molecule has 2 aliphatic rings. The molecule has 0 bridgehead atoms. The van der Waals surface area contributed by atoms with E-state index in [9.17, 15) is 14.4 Å². The summed E-state index contributed by atoms with van der Waals surface area (Å²) in [5.74, 6) is -0.312. The van der Waals surface area contributed by atoms with E-state index in [0.29, 0.717) is 18.8 Å². The molecule has 0 radical (unpaired) electrons. The SMILES string of the molecule is CN1CCC[C@@H](C(=O)Nc2cc3c(c(-c4cccc(F)c4)c2)CN(C#N)C3)C1.